The van der Waals surface area contributed by atoms with Gasteiger partial charge in [-0.2, -0.15) is 16.1 Å². The molecule has 1 aromatic rings. The highest BCUT2D eigenvalue weighted by atomic mass is 35.5. The average Bonchev–Trinajstić information content (AvgIpc) is 2.38. The third-order valence-electron chi connectivity index (χ3n) is 3.05. The lowest BCUT2D eigenvalue weighted by molar-refractivity contribution is 0.424. The zero-order chi connectivity index (χ0) is 14.9. The van der Waals surface area contributed by atoms with Crippen molar-refractivity contribution in [1.29, 1.82) is 0 Å². The fraction of sp³-hybridized carbons (Fsp3) is 0.417. The van der Waals surface area contributed by atoms with Crippen LogP contribution < -0.4 is 5.73 Å². The van der Waals surface area contributed by atoms with E-state index in [2.05, 4.69) is 0 Å². The van der Waals surface area contributed by atoms with Gasteiger partial charge in [-0.3, -0.25) is 0 Å². The van der Waals surface area contributed by atoms with Crippen LogP contribution in [0.4, 0.5) is 0 Å². The molecule has 1 aromatic carbocycles. The highest BCUT2D eigenvalue weighted by Crippen LogP contribution is 2.27. The number of nitrogens with two attached hydrogens (primary N) is 1. The van der Waals surface area contributed by atoms with Gasteiger partial charge in [0.25, 0.3) is 0 Å². The van der Waals surface area contributed by atoms with Gasteiger partial charge in [0, 0.05) is 29.7 Å². The van der Waals surface area contributed by atoms with Crippen LogP contribution in [-0.4, -0.2) is 41.8 Å². The number of hydrogen-bond acceptors (Lipinski definition) is 4. The van der Waals surface area contributed by atoms with Crippen molar-refractivity contribution in [1.82, 2.24) is 4.31 Å². The summed E-state index contributed by atoms with van der Waals surface area (Å²) in [6.07, 6.45) is 0. The van der Waals surface area contributed by atoms with Crippen molar-refractivity contribution < 1.29 is 8.42 Å². The maximum Gasteiger partial charge on any atom is 0.243 e. The Balaban J connectivity index is 2.34. The Morgan fingerprint density at radius 2 is 2.25 bits per heavy atom. The van der Waals surface area contributed by atoms with Crippen LogP contribution in [0.25, 0.3) is 0 Å². The molecule has 1 fully saturated rings. The van der Waals surface area contributed by atoms with Crippen LogP contribution in [0.2, 0.25) is 5.02 Å². The van der Waals surface area contributed by atoms with E-state index in [4.69, 9.17) is 29.6 Å². The molecular weight excluding hydrogens is 336 g/mol. The van der Waals surface area contributed by atoms with Crippen LogP contribution in [0, 0.1) is 0 Å². The summed E-state index contributed by atoms with van der Waals surface area (Å²) in [5.74, 6) is 0.805. The first-order chi connectivity index (χ1) is 9.32. The van der Waals surface area contributed by atoms with Crippen LogP contribution in [0.5, 0.6) is 0 Å². The molecular formula is C12H15ClN2O2S3. The summed E-state index contributed by atoms with van der Waals surface area (Å²) in [6, 6.07) is 4.47. The van der Waals surface area contributed by atoms with E-state index >= 15 is 0 Å². The van der Waals surface area contributed by atoms with E-state index in [9.17, 15) is 8.42 Å². The lowest BCUT2D eigenvalue weighted by Crippen LogP contribution is -2.40. The molecule has 1 aliphatic rings. The number of thiocarbonyl (C=S) groups is 1. The quantitative estimate of drug-likeness (QED) is 0.846. The largest absolute Gasteiger partial charge is 0.389 e. The van der Waals surface area contributed by atoms with Gasteiger partial charge in [0.05, 0.1) is 9.92 Å². The Kier molecular flexibility index (Phi) is 4.96. The molecule has 1 unspecified atom stereocenters. The Labute approximate surface area is 133 Å². The minimum Gasteiger partial charge on any atom is -0.389 e. The fourth-order valence-electron chi connectivity index (χ4n) is 2.01. The molecule has 1 aliphatic heterocycles. The molecule has 1 saturated heterocycles. The van der Waals surface area contributed by atoms with Crippen molar-refractivity contribution >= 4 is 50.6 Å². The van der Waals surface area contributed by atoms with Crippen LogP contribution in [0.1, 0.15) is 12.5 Å². The molecule has 0 saturated carbocycles. The number of thioether (sulfide) groups is 1. The number of hydrogen-bond donors (Lipinski definition) is 1. The van der Waals surface area contributed by atoms with E-state index in [0.717, 1.165) is 5.75 Å². The van der Waals surface area contributed by atoms with Crippen molar-refractivity contribution in [3.8, 4) is 0 Å². The first kappa shape index (κ1) is 16.0. The van der Waals surface area contributed by atoms with Gasteiger partial charge in [0.15, 0.2) is 0 Å². The van der Waals surface area contributed by atoms with Gasteiger partial charge >= 0.3 is 0 Å². The Morgan fingerprint density at radius 1 is 1.55 bits per heavy atom. The van der Waals surface area contributed by atoms with Gasteiger partial charge in [-0.15, -0.1) is 0 Å². The number of halogens is 1. The van der Waals surface area contributed by atoms with Crippen LogP contribution in [-0.2, 0) is 10.0 Å². The molecule has 0 aliphatic carbocycles. The molecule has 1 heterocycles. The molecule has 0 amide bonds. The number of rotatable bonds is 3. The molecule has 0 aromatic heterocycles. The van der Waals surface area contributed by atoms with Crippen LogP contribution >= 0.6 is 35.6 Å². The maximum atomic E-state index is 12.6. The van der Waals surface area contributed by atoms with Crippen molar-refractivity contribution in [2.45, 2.75) is 17.1 Å². The second kappa shape index (κ2) is 6.19. The van der Waals surface area contributed by atoms with Gasteiger partial charge in [0.1, 0.15) is 4.99 Å². The smallest absolute Gasteiger partial charge is 0.243 e. The maximum absolute atomic E-state index is 12.6. The number of sulfonamides is 1. The topological polar surface area (TPSA) is 63.4 Å². The van der Waals surface area contributed by atoms with Gasteiger partial charge in [-0.1, -0.05) is 30.7 Å². The first-order valence-electron chi connectivity index (χ1n) is 6.03. The molecule has 2 rings (SSSR count). The zero-order valence-electron chi connectivity index (χ0n) is 10.9. The van der Waals surface area contributed by atoms with Crippen molar-refractivity contribution in [3.63, 3.8) is 0 Å². The van der Waals surface area contributed by atoms with Gasteiger partial charge in [-0.25, -0.2) is 8.42 Å². The Hall–Kier alpha value is -0.340. The highest BCUT2D eigenvalue weighted by molar-refractivity contribution is 8.00. The Morgan fingerprint density at radius 3 is 2.80 bits per heavy atom. The Bertz CT molecular complexity index is 634. The minimum absolute atomic E-state index is 0.155. The zero-order valence-corrected chi connectivity index (χ0v) is 14.1. The minimum atomic E-state index is -3.51. The monoisotopic (exact) mass is 350 g/mol. The highest BCUT2D eigenvalue weighted by Gasteiger charge is 2.29. The summed E-state index contributed by atoms with van der Waals surface area (Å²) < 4.78 is 26.6. The van der Waals surface area contributed by atoms with E-state index in [1.165, 1.54) is 16.4 Å². The third kappa shape index (κ3) is 3.28. The lowest BCUT2D eigenvalue weighted by atomic mass is 10.2. The lowest BCUT2D eigenvalue weighted by Gasteiger charge is -2.29. The fourth-order valence-corrected chi connectivity index (χ4v) is 5.37. The van der Waals surface area contributed by atoms with Crippen LogP contribution in [0.3, 0.4) is 0 Å². The molecule has 4 nitrogen and oxygen atoms in total. The summed E-state index contributed by atoms with van der Waals surface area (Å²) in [5, 5.41) is 0.558. The average molecular weight is 351 g/mol. The van der Waals surface area contributed by atoms with Crippen molar-refractivity contribution in [2.24, 2.45) is 5.73 Å². The third-order valence-corrected chi connectivity index (χ3v) is 6.58. The molecule has 110 valence electrons. The van der Waals surface area contributed by atoms with E-state index < -0.39 is 10.0 Å². The molecule has 0 spiro atoms. The summed E-state index contributed by atoms with van der Waals surface area (Å²) >= 11 is 12.7. The number of nitrogens with zero attached hydrogens (tertiary/aromatic N) is 1. The molecule has 0 radical (unpaired) electrons. The molecule has 2 N–H and O–H groups in total. The molecule has 1 atom stereocenters. The van der Waals surface area contributed by atoms with Gasteiger partial charge in [0.2, 0.25) is 10.0 Å². The normalized spacial score (nSPS) is 20.8. The second-order valence-corrected chi connectivity index (χ2v) is 8.88. The van der Waals surface area contributed by atoms with Crippen molar-refractivity contribution in [3.05, 3.63) is 28.8 Å². The van der Waals surface area contributed by atoms with E-state index in [0.29, 0.717) is 23.9 Å². The molecule has 20 heavy (non-hydrogen) atoms. The van der Waals surface area contributed by atoms with Gasteiger partial charge < -0.3 is 5.73 Å². The summed E-state index contributed by atoms with van der Waals surface area (Å²) in [4.78, 5) is 0.337. The van der Waals surface area contributed by atoms with Crippen LogP contribution in [0.15, 0.2) is 23.1 Å². The second-order valence-electron chi connectivity index (χ2n) is 4.55. The van der Waals surface area contributed by atoms with E-state index in [1.54, 1.807) is 17.8 Å². The number of benzene rings is 1. The summed E-state index contributed by atoms with van der Waals surface area (Å²) in [5.41, 5.74) is 6.01. The molecule has 8 heteroatoms. The first-order valence-corrected chi connectivity index (χ1v) is 9.31. The van der Waals surface area contributed by atoms with Gasteiger partial charge in [-0.05, 0) is 18.2 Å². The van der Waals surface area contributed by atoms with E-state index in [1.807, 2.05) is 6.92 Å². The standard InChI is InChI=1S/C12H15ClN2O2S3/c1-8-7-15(4-5-19-8)20(16,17)9-2-3-10(12(14)18)11(13)6-9/h2-3,6,8H,4-5,7H2,1H3,(H2,14,18). The SMILES string of the molecule is CC1CN(S(=O)(=O)c2ccc(C(N)=S)c(Cl)c2)CCS1. The summed E-state index contributed by atoms with van der Waals surface area (Å²) in [7, 11) is -3.51. The summed E-state index contributed by atoms with van der Waals surface area (Å²) in [6.45, 7) is 3.06. The van der Waals surface area contributed by atoms with E-state index in [-0.39, 0.29) is 14.9 Å². The predicted molar refractivity (Wildman–Crippen MR) is 88.0 cm³/mol. The van der Waals surface area contributed by atoms with Crippen molar-refractivity contribution in [2.75, 3.05) is 18.8 Å². The predicted octanol–water partition coefficient (Wildman–Crippen LogP) is 2.10. The molecule has 0 bridgehead atoms.